The van der Waals surface area contributed by atoms with Gasteiger partial charge in [0.1, 0.15) is 12.4 Å². The second-order valence-electron chi connectivity index (χ2n) is 6.53. The fourth-order valence-corrected chi connectivity index (χ4v) is 2.27. The summed E-state index contributed by atoms with van der Waals surface area (Å²) in [4.78, 5) is 16.4. The average molecular weight is 294 g/mol. The van der Waals surface area contributed by atoms with Gasteiger partial charge in [-0.2, -0.15) is 0 Å². The number of amides is 1. The third kappa shape index (κ3) is 5.47. The van der Waals surface area contributed by atoms with Gasteiger partial charge in [0.05, 0.1) is 6.54 Å². The minimum Gasteiger partial charge on any atom is -0.381 e. The van der Waals surface area contributed by atoms with E-state index in [4.69, 9.17) is 4.74 Å². The van der Waals surface area contributed by atoms with Crippen LogP contribution in [0.1, 0.15) is 39.4 Å². The van der Waals surface area contributed by atoms with Crippen LogP contribution in [0.4, 0.5) is 0 Å². The molecular weight excluding hydrogens is 268 g/mol. The number of carbonyl (C=O) groups excluding carboxylic acids is 1. The van der Waals surface area contributed by atoms with E-state index in [0.29, 0.717) is 13.1 Å². The smallest absolute Gasteiger partial charge is 0.240 e. The zero-order chi connectivity index (χ0) is 15.3. The molecule has 6 heteroatoms. The Morgan fingerprint density at radius 2 is 2.14 bits per heavy atom. The topological polar surface area (TPSA) is 68.2 Å². The predicted molar refractivity (Wildman–Crippen MR) is 80.8 cm³/mol. The molecule has 0 unspecified atom stereocenters. The van der Waals surface area contributed by atoms with Crippen LogP contribution in [-0.2, 0) is 22.6 Å². The lowest BCUT2D eigenvalue weighted by Gasteiger charge is -2.23. The van der Waals surface area contributed by atoms with Crippen molar-refractivity contribution in [3.05, 3.63) is 18.2 Å². The highest BCUT2D eigenvalue weighted by Crippen LogP contribution is 2.07. The van der Waals surface area contributed by atoms with Gasteiger partial charge in [-0.05, 0) is 33.6 Å². The van der Waals surface area contributed by atoms with E-state index in [0.717, 1.165) is 31.9 Å². The van der Waals surface area contributed by atoms with Crippen molar-refractivity contribution >= 4 is 5.91 Å². The van der Waals surface area contributed by atoms with E-state index in [9.17, 15) is 4.79 Å². The summed E-state index contributed by atoms with van der Waals surface area (Å²) in [7, 11) is 0. The van der Waals surface area contributed by atoms with E-state index in [1.54, 1.807) is 6.20 Å². The molecule has 0 aliphatic carbocycles. The van der Waals surface area contributed by atoms with Crippen molar-refractivity contribution in [1.82, 2.24) is 20.2 Å². The van der Waals surface area contributed by atoms with Gasteiger partial charge in [0.25, 0.3) is 0 Å². The molecule has 1 aromatic heterocycles. The Labute approximate surface area is 126 Å². The highest BCUT2D eigenvalue weighted by Gasteiger charge is 2.17. The molecule has 0 radical (unpaired) electrons. The Morgan fingerprint density at radius 3 is 2.81 bits per heavy atom. The maximum atomic E-state index is 12.1. The third-order valence-electron chi connectivity index (χ3n) is 3.48. The second kappa shape index (κ2) is 7.04. The highest BCUT2D eigenvalue weighted by molar-refractivity contribution is 5.76. The minimum absolute atomic E-state index is 0.0289. The van der Waals surface area contributed by atoms with E-state index in [2.05, 4.69) is 36.4 Å². The SMILES string of the molecule is CC(C)(C)NCc1nccn1CC(=O)NC1CCOCC1. The van der Waals surface area contributed by atoms with E-state index in [1.165, 1.54) is 0 Å². The van der Waals surface area contributed by atoms with Crippen molar-refractivity contribution in [3.63, 3.8) is 0 Å². The normalized spacial score (nSPS) is 16.9. The molecular formula is C15H26N4O2. The predicted octanol–water partition coefficient (Wildman–Crippen LogP) is 1.07. The highest BCUT2D eigenvalue weighted by atomic mass is 16.5. The van der Waals surface area contributed by atoms with Crippen molar-refractivity contribution in [1.29, 1.82) is 0 Å². The van der Waals surface area contributed by atoms with E-state index in [1.807, 2.05) is 10.8 Å². The second-order valence-corrected chi connectivity index (χ2v) is 6.53. The first-order chi connectivity index (χ1) is 9.94. The van der Waals surface area contributed by atoms with E-state index >= 15 is 0 Å². The molecule has 1 aliphatic heterocycles. The van der Waals surface area contributed by atoms with Gasteiger partial charge in [0.15, 0.2) is 0 Å². The summed E-state index contributed by atoms with van der Waals surface area (Å²) in [6, 6.07) is 0.242. The Morgan fingerprint density at radius 1 is 1.43 bits per heavy atom. The van der Waals surface area contributed by atoms with Crippen LogP contribution in [0.15, 0.2) is 12.4 Å². The molecule has 6 nitrogen and oxygen atoms in total. The number of nitrogens with one attached hydrogen (secondary N) is 2. The third-order valence-corrected chi connectivity index (χ3v) is 3.48. The number of imidazole rings is 1. The molecule has 118 valence electrons. The van der Waals surface area contributed by atoms with Crippen LogP contribution in [-0.4, -0.2) is 40.3 Å². The standard InChI is InChI=1S/C15H26N4O2/c1-15(2,3)17-10-13-16-6-7-19(13)11-14(20)18-12-4-8-21-9-5-12/h6-7,12,17H,4-5,8-11H2,1-3H3,(H,18,20). The van der Waals surface area contributed by atoms with Crippen LogP contribution in [0.2, 0.25) is 0 Å². The molecule has 2 rings (SSSR count). The Bertz CT molecular complexity index is 458. The van der Waals surface area contributed by atoms with Gasteiger partial charge in [-0.15, -0.1) is 0 Å². The minimum atomic E-state index is 0.0289. The number of rotatable bonds is 5. The molecule has 1 aromatic rings. The summed E-state index contributed by atoms with van der Waals surface area (Å²) in [6.45, 7) is 8.77. The first-order valence-electron chi connectivity index (χ1n) is 7.56. The number of nitrogens with zero attached hydrogens (tertiary/aromatic N) is 2. The van der Waals surface area contributed by atoms with Gasteiger partial charge in [-0.3, -0.25) is 4.79 Å². The molecule has 0 saturated carbocycles. The lowest BCUT2D eigenvalue weighted by molar-refractivity contribution is -0.123. The number of aromatic nitrogens is 2. The fraction of sp³-hybridized carbons (Fsp3) is 0.733. The Hall–Kier alpha value is -1.40. The van der Waals surface area contributed by atoms with Crippen LogP contribution < -0.4 is 10.6 Å². The summed E-state index contributed by atoms with van der Waals surface area (Å²) in [5, 5.41) is 6.46. The summed E-state index contributed by atoms with van der Waals surface area (Å²) in [5.74, 6) is 0.920. The van der Waals surface area contributed by atoms with Crippen molar-refractivity contribution in [2.75, 3.05) is 13.2 Å². The monoisotopic (exact) mass is 294 g/mol. The lowest BCUT2D eigenvalue weighted by Crippen LogP contribution is -2.41. The van der Waals surface area contributed by atoms with Crippen molar-refractivity contribution in [2.45, 2.75) is 58.3 Å². The molecule has 0 atom stereocenters. The number of hydrogen-bond acceptors (Lipinski definition) is 4. The molecule has 1 fully saturated rings. The lowest BCUT2D eigenvalue weighted by atomic mass is 10.1. The molecule has 0 spiro atoms. The zero-order valence-electron chi connectivity index (χ0n) is 13.2. The van der Waals surface area contributed by atoms with Crippen molar-refractivity contribution in [2.24, 2.45) is 0 Å². The van der Waals surface area contributed by atoms with Gasteiger partial charge in [-0.25, -0.2) is 4.98 Å². The van der Waals surface area contributed by atoms with E-state index in [-0.39, 0.29) is 17.5 Å². The van der Waals surface area contributed by atoms with Crippen LogP contribution in [0.25, 0.3) is 0 Å². The van der Waals surface area contributed by atoms with Crippen molar-refractivity contribution in [3.8, 4) is 0 Å². The maximum Gasteiger partial charge on any atom is 0.240 e. The zero-order valence-corrected chi connectivity index (χ0v) is 13.2. The molecule has 2 N–H and O–H groups in total. The number of ether oxygens (including phenoxy) is 1. The van der Waals surface area contributed by atoms with Gasteiger partial charge in [0.2, 0.25) is 5.91 Å². The van der Waals surface area contributed by atoms with Crippen LogP contribution >= 0.6 is 0 Å². The molecule has 0 bridgehead atoms. The van der Waals surface area contributed by atoms with E-state index < -0.39 is 0 Å². The van der Waals surface area contributed by atoms with Gasteiger partial charge < -0.3 is 19.9 Å². The van der Waals surface area contributed by atoms with Crippen LogP contribution in [0.5, 0.6) is 0 Å². The fourth-order valence-electron chi connectivity index (χ4n) is 2.27. The first kappa shape index (κ1) is 16.0. The quantitative estimate of drug-likeness (QED) is 0.852. The first-order valence-corrected chi connectivity index (χ1v) is 7.56. The molecule has 1 amide bonds. The Balaban J connectivity index is 1.84. The summed E-state index contributed by atoms with van der Waals surface area (Å²) < 4.78 is 7.19. The molecule has 1 saturated heterocycles. The number of carbonyl (C=O) groups is 1. The largest absolute Gasteiger partial charge is 0.381 e. The van der Waals surface area contributed by atoms with Crippen LogP contribution in [0, 0.1) is 0 Å². The molecule has 2 heterocycles. The van der Waals surface area contributed by atoms with Gasteiger partial charge in [0, 0.05) is 37.2 Å². The summed E-state index contributed by atoms with van der Waals surface area (Å²) >= 11 is 0. The van der Waals surface area contributed by atoms with Gasteiger partial charge >= 0.3 is 0 Å². The number of hydrogen-bond donors (Lipinski definition) is 2. The molecule has 1 aliphatic rings. The molecule has 0 aromatic carbocycles. The maximum absolute atomic E-state index is 12.1. The average Bonchev–Trinajstić information content (AvgIpc) is 2.84. The summed E-state index contributed by atoms with van der Waals surface area (Å²) in [5.41, 5.74) is 0.0289. The Kier molecular flexibility index (Phi) is 5.36. The van der Waals surface area contributed by atoms with Crippen molar-refractivity contribution < 1.29 is 9.53 Å². The summed E-state index contributed by atoms with van der Waals surface area (Å²) in [6.07, 6.45) is 5.38. The van der Waals surface area contributed by atoms with Crippen LogP contribution in [0.3, 0.4) is 0 Å². The van der Waals surface area contributed by atoms with Gasteiger partial charge in [-0.1, -0.05) is 0 Å². The molecule has 21 heavy (non-hydrogen) atoms.